The Balaban J connectivity index is 1.70. The number of halogens is 4. The van der Waals surface area contributed by atoms with Gasteiger partial charge in [-0.05, 0) is 37.1 Å². The second kappa shape index (κ2) is 8.02. The molecule has 2 rings (SSSR count). The Bertz CT molecular complexity index is 536. The lowest BCUT2D eigenvalue weighted by molar-refractivity contribution is -0.135. The zero-order valence-electron chi connectivity index (χ0n) is 12.7. The van der Waals surface area contributed by atoms with Crippen molar-refractivity contribution >= 4 is 17.5 Å². The summed E-state index contributed by atoms with van der Waals surface area (Å²) in [5.74, 6) is 0.0420. The molecule has 1 atom stereocenters. The highest BCUT2D eigenvalue weighted by atomic mass is 35.5. The van der Waals surface area contributed by atoms with Gasteiger partial charge in [-0.25, -0.2) is 0 Å². The first-order valence-corrected chi connectivity index (χ1v) is 8.03. The lowest BCUT2D eigenvalue weighted by atomic mass is 10.1. The Morgan fingerprint density at radius 3 is 2.83 bits per heavy atom. The molecule has 0 aromatic heterocycles. The first-order chi connectivity index (χ1) is 10.8. The molecule has 7 heteroatoms. The van der Waals surface area contributed by atoms with Crippen LogP contribution >= 0.6 is 11.6 Å². The van der Waals surface area contributed by atoms with E-state index < -0.39 is 12.6 Å². The molecule has 0 aliphatic carbocycles. The van der Waals surface area contributed by atoms with Gasteiger partial charge in [-0.1, -0.05) is 23.7 Å². The zero-order valence-corrected chi connectivity index (χ0v) is 13.5. The normalized spacial score (nSPS) is 18.7. The first-order valence-electron chi connectivity index (χ1n) is 7.66. The summed E-state index contributed by atoms with van der Waals surface area (Å²) in [6.07, 6.45) is -3.80. The van der Waals surface area contributed by atoms with E-state index in [4.69, 9.17) is 11.6 Å². The van der Waals surface area contributed by atoms with E-state index in [1.807, 2.05) is 18.2 Å². The Labute approximate surface area is 138 Å². The van der Waals surface area contributed by atoms with Crippen LogP contribution in [0, 0.1) is 0 Å². The van der Waals surface area contributed by atoms with E-state index in [1.54, 1.807) is 11.0 Å². The van der Waals surface area contributed by atoms with Crippen molar-refractivity contribution in [3.8, 4) is 0 Å². The van der Waals surface area contributed by atoms with Crippen LogP contribution < -0.4 is 5.32 Å². The fraction of sp³-hybridized carbons (Fsp3) is 0.562. The van der Waals surface area contributed by atoms with Crippen LogP contribution in [-0.4, -0.2) is 42.7 Å². The summed E-state index contributed by atoms with van der Waals surface area (Å²) in [5.41, 5.74) is 1.06. The Hall–Kier alpha value is -1.27. The number of hydrogen-bond donors (Lipinski definition) is 1. The van der Waals surface area contributed by atoms with Gasteiger partial charge in [-0.3, -0.25) is 4.79 Å². The number of nitrogens with one attached hydrogen (secondary N) is 1. The summed E-state index contributed by atoms with van der Waals surface area (Å²) < 4.78 is 36.2. The van der Waals surface area contributed by atoms with Gasteiger partial charge in [0.25, 0.3) is 0 Å². The van der Waals surface area contributed by atoms with E-state index in [2.05, 4.69) is 5.32 Å². The maximum Gasteiger partial charge on any atom is 0.389 e. The number of amides is 1. The van der Waals surface area contributed by atoms with Gasteiger partial charge in [0.2, 0.25) is 5.91 Å². The molecule has 0 bridgehead atoms. The summed E-state index contributed by atoms with van der Waals surface area (Å²) in [4.78, 5) is 13.7. The maximum absolute atomic E-state index is 12.1. The predicted octanol–water partition coefficient (Wildman–Crippen LogP) is 3.42. The molecular formula is C16H20ClF3N2O. The molecule has 0 saturated carbocycles. The highest BCUT2D eigenvalue weighted by Crippen LogP contribution is 2.21. The smallest absolute Gasteiger partial charge is 0.341 e. The van der Waals surface area contributed by atoms with Crippen molar-refractivity contribution in [2.75, 3.05) is 19.6 Å². The zero-order chi connectivity index (χ0) is 16.9. The molecule has 1 aromatic rings. The number of likely N-dealkylation sites (tertiary alicyclic amines) is 1. The first kappa shape index (κ1) is 18.1. The van der Waals surface area contributed by atoms with E-state index in [0.29, 0.717) is 31.0 Å². The van der Waals surface area contributed by atoms with Crippen molar-refractivity contribution < 1.29 is 18.0 Å². The van der Waals surface area contributed by atoms with Crippen molar-refractivity contribution in [3.05, 3.63) is 34.9 Å². The minimum absolute atomic E-state index is 0.0384. The third kappa shape index (κ3) is 6.39. The van der Waals surface area contributed by atoms with Crippen molar-refractivity contribution in [1.29, 1.82) is 0 Å². The highest BCUT2D eigenvalue weighted by molar-refractivity contribution is 6.30. The van der Waals surface area contributed by atoms with Crippen LogP contribution in [0.2, 0.25) is 5.02 Å². The molecule has 1 fully saturated rings. The number of nitrogens with zero attached hydrogens (tertiary/aromatic N) is 1. The van der Waals surface area contributed by atoms with Gasteiger partial charge in [0.05, 0.1) is 0 Å². The largest absolute Gasteiger partial charge is 0.389 e. The number of rotatable bonds is 7. The number of carbonyl (C=O) groups excluding carboxylic acids is 1. The standard InChI is InChI=1S/C16H20ClF3N2O/c17-13-4-1-3-12(9-13)5-8-22-11-14(10-15(22)23)21-7-2-6-16(18,19)20/h1,3-4,9,14,21H,2,5-8,10-11H2/t14-/m0/s1. The second-order valence-electron chi connectivity index (χ2n) is 5.79. The van der Waals surface area contributed by atoms with Gasteiger partial charge in [-0.2, -0.15) is 13.2 Å². The van der Waals surface area contributed by atoms with E-state index in [-0.39, 0.29) is 24.9 Å². The van der Waals surface area contributed by atoms with Crippen LogP contribution in [0.3, 0.4) is 0 Å². The van der Waals surface area contributed by atoms with E-state index in [1.165, 1.54) is 0 Å². The van der Waals surface area contributed by atoms with Crippen molar-refractivity contribution in [1.82, 2.24) is 10.2 Å². The molecule has 0 radical (unpaired) electrons. The number of alkyl halides is 3. The monoisotopic (exact) mass is 348 g/mol. The molecule has 128 valence electrons. The number of hydrogen-bond acceptors (Lipinski definition) is 2. The van der Waals surface area contributed by atoms with Crippen LogP contribution in [0.5, 0.6) is 0 Å². The third-order valence-corrected chi connectivity index (χ3v) is 4.08. The lowest BCUT2D eigenvalue weighted by Gasteiger charge is -2.17. The van der Waals surface area contributed by atoms with Crippen LogP contribution in [0.4, 0.5) is 13.2 Å². The van der Waals surface area contributed by atoms with E-state index in [9.17, 15) is 18.0 Å². The maximum atomic E-state index is 12.1. The second-order valence-corrected chi connectivity index (χ2v) is 6.23. The Kier molecular flexibility index (Phi) is 6.30. The quantitative estimate of drug-likeness (QED) is 0.766. The minimum atomic E-state index is -4.11. The summed E-state index contributed by atoms with van der Waals surface area (Å²) in [7, 11) is 0. The Morgan fingerprint density at radius 2 is 2.13 bits per heavy atom. The van der Waals surface area contributed by atoms with Gasteiger partial charge >= 0.3 is 6.18 Å². The van der Waals surface area contributed by atoms with E-state index in [0.717, 1.165) is 5.56 Å². The fourth-order valence-corrected chi connectivity index (χ4v) is 2.89. The van der Waals surface area contributed by atoms with Gasteiger partial charge in [0, 0.05) is 37.0 Å². The average molecular weight is 349 g/mol. The summed E-state index contributed by atoms with van der Waals surface area (Å²) in [6.45, 7) is 1.42. The number of benzene rings is 1. The predicted molar refractivity (Wildman–Crippen MR) is 83.4 cm³/mol. The molecule has 1 amide bonds. The SMILES string of the molecule is O=C1C[C@H](NCCCC(F)(F)F)CN1CCc1cccc(Cl)c1. The van der Waals surface area contributed by atoms with Gasteiger partial charge in [0.15, 0.2) is 0 Å². The molecule has 1 heterocycles. The molecule has 1 aliphatic rings. The summed E-state index contributed by atoms with van der Waals surface area (Å²) >= 11 is 5.92. The van der Waals surface area contributed by atoms with Crippen molar-refractivity contribution in [3.63, 3.8) is 0 Å². The van der Waals surface area contributed by atoms with Gasteiger partial charge in [-0.15, -0.1) is 0 Å². The molecule has 0 spiro atoms. The fourth-order valence-electron chi connectivity index (χ4n) is 2.68. The Morgan fingerprint density at radius 1 is 1.35 bits per heavy atom. The molecule has 1 N–H and O–H groups in total. The van der Waals surface area contributed by atoms with Crippen molar-refractivity contribution in [2.45, 2.75) is 37.9 Å². The van der Waals surface area contributed by atoms with Crippen LogP contribution in [0.1, 0.15) is 24.8 Å². The summed E-state index contributed by atoms with van der Waals surface area (Å²) in [6, 6.07) is 7.44. The average Bonchev–Trinajstić information content (AvgIpc) is 2.81. The minimum Gasteiger partial charge on any atom is -0.341 e. The van der Waals surface area contributed by atoms with Crippen LogP contribution in [0.15, 0.2) is 24.3 Å². The van der Waals surface area contributed by atoms with Crippen molar-refractivity contribution in [2.24, 2.45) is 0 Å². The topological polar surface area (TPSA) is 32.3 Å². The van der Waals surface area contributed by atoms with Gasteiger partial charge in [0.1, 0.15) is 0 Å². The molecule has 3 nitrogen and oxygen atoms in total. The molecule has 23 heavy (non-hydrogen) atoms. The van der Waals surface area contributed by atoms with Gasteiger partial charge < -0.3 is 10.2 Å². The molecule has 1 saturated heterocycles. The molecule has 1 aliphatic heterocycles. The lowest BCUT2D eigenvalue weighted by Crippen LogP contribution is -2.34. The molecule has 1 aromatic carbocycles. The highest BCUT2D eigenvalue weighted by Gasteiger charge is 2.29. The molecule has 0 unspecified atom stereocenters. The molecular weight excluding hydrogens is 329 g/mol. The number of carbonyl (C=O) groups is 1. The van der Waals surface area contributed by atoms with E-state index >= 15 is 0 Å². The van der Waals surface area contributed by atoms with Crippen LogP contribution in [-0.2, 0) is 11.2 Å². The summed E-state index contributed by atoms with van der Waals surface area (Å²) in [5, 5.41) is 3.70. The van der Waals surface area contributed by atoms with Crippen LogP contribution in [0.25, 0.3) is 0 Å². The third-order valence-electron chi connectivity index (χ3n) is 3.84.